The first kappa shape index (κ1) is 39.5. The molecule has 0 atom stereocenters. The van der Waals surface area contributed by atoms with Crippen LogP contribution in [0, 0.1) is 13.8 Å². The number of hydrogen-bond acceptors (Lipinski definition) is 4. The minimum atomic E-state index is -0.449. The molecule has 2 rings (SSSR count). The second kappa shape index (κ2) is 20.5. The zero-order chi connectivity index (χ0) is 34.0. The summed E-state index contributed by atoms with van der Waals surface area (Å²) in [4.78, 5) is 9.54. The lowest BCUT2D eigenvalue weighted by Gasteiger charge is -2.39. The van der Waals surface area contributed by atoms with Gasteiger partial charge in [0.1, 0.15) is 11.5 Å². The molecule has 0 radical (unpaired) electrons. The lowest BCUT2D eigenvalue weighted by molar-refractivity contribution is -0.929. The van der Waals surface area contributed by atoms with Gasteiger partial charge >= 0.3 is 0 Å². The average Bonchev–Trinajstić information content (AvgIpc) is 3.03. The third-order valence-corrected chi connectivity index (χ3v) is 9.42. The van der Waals surface area contributed by atoms with Gasteiger partial charge in [-0.1, -0.05) is 71.9 Å². The van der Waals surface area contributed by atoms with Crippen LogP contribution in [-0.4, -0.2) is 65.4 Å². The number of quaternary nitrogens is 1. The Kier molecular flexibility index (Phi) is 17.7. The van der Waals surface area contributed by atoms with Crippen molar-refractivity contribution in [2.75, 3.05) is 32.7 Å². The fourth-order valence-electron chi connectivity index (χ4n) is 6.41. The number of aryl methyl sites for hydroxylation is 4. The Bertz CT molecular complexity index is 1210. The van der Waals surface area contributed by atoms with Crippen molar-refractivity contribution in [3.8, 4) is 11.5 Å². The Hall–Kier alpha value is -2.66. The summed E-state index contributed by atoms with van der Waals surface area (Å²) in [7, 11) is 0. The molecular formula is C41H68N3O2+. The summed E-state index contributed by atoms with van der Waals surface area (Å²) < 4.78 is 1.30. The zero-order valence-electron chi connectivity index (χ0n) is 30.9. The van der Waals surface area contributed by atoms with Crippen LogP contribution in [0.4, 0.5) is 0 Å². The summed E-state index contributed by atoms with van der Waals surface area (Å²) in [6.45, 7) is 22.9. The molecule has 5 nitrogen and oxygen atoms in total. The molecule has 0 saturated carbocycles. The topological polar surface area (TPSA) is 65.2 Å². The highest BCUT2D eigenvalue weighted by molar-refractivity contribution is 5.85. The molecule has 46 heavy (non-hydrogen) atoms. The number of rotatable bonds is 23. The van der Waals surface area contributed by atoms with Crippen LogP contribution in [-0.2, 0) is 12.8 Å². The van der Waals surface area contributed by atoms with Crippen molar-refractivity contribution in [1.29, 1.82) is 0 Å². The van der Waals surface area contributed by atoms with Gasteiger partial charge in [0.25, 0.3) is 0 Å². The van der Waals surface area contributed by atoms with Crippen LogP contribution in [0.2, 0.25) is 0 Å². The number of phenols is 2. The summed E-state index contributed by atoms with van der Waals surface area (Å²) in [5.74, 6) is 0.607. The normalized spacial score (nSPS) is 12.6. The minimum absolute atomic E-state index is 0.298. The van der Waals surface area contributed by atoms with Gasteiger partial charge in [-0.25, -0.2) is 0 Å². The first-order valence-corrected chi connectivity index (χ1v) is 18.5. The Balaban J connectivity index is 2.06. The molecule has 0 bridgehead atoms. The molecular weight excluding hydrogens is 566 g/mol. The van der Waals surface area contributed by atoms with Crippen molar-refractivity contribution < 1.29 is 14.7 Å². The fourth-order valence-corrected chi connectivity index (χ4v) is 6.41. The number of aliphatic imine (C=N–C) groups is 2. The molecule has 0 fully saturated rings. The molecule has 0 aliphatic heterocycles. The van der Waals surface area contributed by atoms with E-state index >= 15 is 0 Å². The number of unbranched alkanes of at least 4 members (excludes halogenated alkanes) is 6. The lowest BCUT2D eigenvalue weighted by atomic mass is 10.00. The van der Waals surface area contributed by atoms with Gasteiger partial charge in [-0.3, -0.25) is 9.98 Å². The smallest absolute Gasteiger partial charge is 0.127 e. The van der Waals surface area contributed by atoms with Crippen molar-refractivity contribution in [2.45, 2.75) is 144 Å². The van der Waals surface area contributed by atoms with Crippen LogP contribution in [0.25, 0.3) is 0 Å². The highest BCUT2D eigenvalue weighted by atomic mass is 16.3. The summed E-state index contributed by atoms with van der Waals surface area (Å²) >= 11 is 0. The summed E-state index contributed by atoms with van der Waals surface area (Å²) in [6.07, 6.45) is 19.4. The molecule has 0 aliphatic rings. The van der Waals surface area contributed by atoms with Crippen LogP contribution >= 0.6 is 0 Å². The third kappa shape index (κ3) is 13.6. The lowest BCUT2D eigenvalue weighted by Crippen LogP contribution is -2.50. The number of nitrogens with zero attached hydrogens (tertiary/aromatic N) is 3. The molecule has 0 spiro atoms. The highest BCUT2D eigenvalue weighted by Crippen LogP contribution is 2.26. The van der Waals surface area contributed by atoms with Crippen molar-refractivity contribution >= 4 is 12.4 Å². The minimum Gasteiger partial charge on any atom is -0.507 e. The maximum absolute atomic E-state index is 10.8. The van der Waals surface area contributed by atoms with E-state index in [1.807, 2.05) is 13.8 Å². The van der Waals surface area contributed by atoms with Crippen molar-refractivity contribution in [2.24, 2.45) is 9.98 Å². The molecule has 0 amide bonds. The van der Waals surface area contributed by atoms with Gasteiger partial charge < -0.3 is 14.7 Å². The Morgan fingerprint density at radius 3 is 1.52 bits per heavy atom. The Labute approximate surface area is 282 Å². The van der Waals surface area contributed by atoms with Crippen molar-refractivity contribution in [3.63, 3.8) is 0 Å². The maximum atomic E-state index is 10.8. The molecule has 0 aromatic heterocycles. The first-order valence-electron chi connectivity index (χ1n) is 18.5. The van der Waals surface area contributed by atoms with E-state index in [0.29, 0.717) is 18.0 Å². The zero-order valence-corrected chi connectivity index (χ0v) is 30.9. The molecule has 2 N–H and O–H groups in total. The van der Waals surface area contributed by atoms with Gasteiger partial charge in [-0.2, -0.15) is 0 Å². The van der Waals surface area contributed by atoms with E-state index in [1.54, 1.807) is 12.4 Å². The molecule has 5 heteroatoms. The van der Waals surface area contributed by atoms with E-state index in [1.165, 1.54) is 106 Å². The third-order valence-electron chi connectivity index (χ3n) is 9.42. The van der Waals surface area contributed by atoms with E-state index in [-0.39, 0.29) is 0 Å². The van der Waals surface area contributed by atoms with Crippen molar-refractivity contribution in [1.82, 2.24) is 0 Å². The monoisotopic (exact) mass is 635 g/mol. The van der Waals surface area contributed by atoms with E-state index in [9.17, 15) is 10.2 Å². The van der Waals surface area contributed by atoms with E-state index < -0.39 is 5.54 Å². The number of phenolic OH excluding ortho intramolecular Hbond substituents is 2. The Morgan fingerprint density at radius 2 is 1.04 bits per heavy atom. The number of hydrogen-bond donors (Lipinski definition) is 2. The SMILES string of the molecule is CCCCCc1cc(C)c(O)c(C=NC(C)(C)CN=Cc2cc(CCCC[N+](CCCC)(CCCC)CCCC)cc(C)c2O)c1. The molecule has 0 heterocycles. The predicted octanol–water partition coefficient (Wildman–Crippen LogP) is 10.3. The Morgan fingerprint density at radius 1 is 0.609 bits per heavy atom. The molecule has 2 aromatic rings. The fraction of sp³-hybridized carbons (Fsp3) is 0.659. The largest absolute Gasteiger partial charge is 0.507 e. The summed E-state index contributed by atoms with van der Waals surface area (Å²) in [5.41, 5.74) is 5.40. The molecule has 2 aromatic carbocycles. The van der Waals surface area contributed by atoms with E-state index in [4.69, 9.17) is 9.98 Å². The second-order valence-corrected chi connectivity index (χ2v) is 14.5. The molecule has 0 saturated heterocycles. The maximum Gasteiger partial charge on any atom is 0.127 e. The second-order valence-electron chi connectivity index (χ2n) is 14.5. The summed E-state index contributed by atoms with van der Waals surface area (Å²) in [6, 6.07) is 8.40. The van der Waals surface area contributed by atoms with Crippen LogP contribution in [0.5, 0.6) is 11.5 Å². The van der Waals surface area contributed by atoms with Crippen LogP contribution in [0.15, 0.2) is 34.3 Å². The molecule has 258 valence electrons. The molecule has 0 aliphatic carbocycles. The average molecular weight is 635 g/mol. The van der Waals surface area contributed by atoms with Gasteiger partial charge in [-0.15, -0.1) is 0 Å². The van der Waals surface area contributed by atoms with E-state index in [2.05, 4.69) is 65.8 Å². The first-order chi connectivity index (χ1) is 22.0. The number of aromatic hydroxyl groups is 2. The highest BCUT2D eigenvalue weighted by Gasteiger charge is 2.25. The van der Waals surface area contributed by atoms with Gasteiger partial charge in [0, 0.05) is 23.6 Å². The predicted molar refractivity (Wildman–Crippen MR) is 200 cm³/mol. The standard InChI is InChI=1S/C41H67N3O2/c1-9-13-17-20-35-27-34(6)40(46)38(29-35)31-43-41(7,8)32-42-30-37-28-36(26-33(5)39(37)45)21-18-19-25-44(22-14-10-2,23-15-11-3)24-16-12-4/h26-31H,9-25,32H2,1-8H3,(H-,42,43,45,46)/p+1. The van der Waals surface area contributed by atoms with Crippen LogP contribution < -0.4 is 0 Å². The molecule has 0 unspecified atom stereocenters. The van der Waals surface area contributed by atoms with Crippen LogP contribution in [0.1, 0.15) is 146 Å². The summed E-state index contributed by atoms with van der Waals surface area (Å²) in [5, 5.41) is 21.5. The van der Waals surface area contributed by atoms with Crippen molar-refractivity contribution in [3.05, 3.63) is 57.6 Å². The van der Waals surface area contributed by atoms with Gasteiger partial charge in [0.2, 0.25) is 0 Å². The van der Waals surface area contributed by atoms with Crippen LogP contribution in [0.3, 0.4) is 0 Å². The van der Waals surface area contributed by atoms with E-state index in [0.717, 1.165) is 41.5 Å². The van der Waals surface area contributed by atoms with Gasteiger partial charge in [-0.05, 0) is 113 Å². The van der Waals surface area contributed by atoms with Gasteiger partial charge in [0.15, 0.2) is 0 Å². The number of benzene rings is 2. The quantitative estimate of drug-likeness (QED) is 0.0726. The van der Waals surface area contributed by atoms with Gasteiger partial charge in [0.05, 0.1) is 38.3 Å².